The molecular weight excluding hydrogens is 440 g/mol. The number of cyclic esters (lactones) is 1. The van der Waals surface area contributed by atoms with Crippen LogP contribution in [-0.4, -0.2) is 70.2 Å². The third-order valence-corrected chi connectivity index (χ3v) is 8.14. The molecule has 3 aliphatic rings. The molecule has 3 fully saturated rings. The molecule has 5 rings (SSSR count). The maximum absolute atomic E-state index is 12.5. The molecule has 1 aromatic carbocycles. The predicted octanol–water partition coefficient (Wildman–Crippen LogP) is 4.30. The molecule has 2 aliphatic heterocycles. The number of aromatic nitrogens is 2. The fourth-order valence-electron chi connectivity index (χ4n) is 5.37. The summed E-state index contributed by atoms with van der Waals surface area (Å²) in [6, 6.07) is 10.6. The van der Waals surface area contributed by atoms with Crippen LogP contribution in [-0.2, 0) is 11.3 Å². The van der Waals surface area contributed by atoms with E-state index >= 15 is 0 Å². The molecule has 2 atom stereocenters. The number of nitrogens with zero attached hydrogens (tertiary/aromatic N) is 5. The summed E-state index contributed by atoms with van der Waals surface area (Å²) in [6.07, 6.45) is 3.63. The molecule has 8 nitrogen and oxygen atoms in total. The Morgan fingerprint density at radius 1 is 1.14 bits per heavy atom. The Kier molecular flexibility index (Phi) is 6.21. The Morgan fingerprint density at radius 3 is 2.57 bits per heavy atom. The van der Waals surface area contributed by atoms with Crippen LogP contribution in [0.2, 0.25) is 0 Å². The summed E-state index contributed by atoms with van der Waals surface area (Å²) in [5.41, 5.74) is 2.37. The molecule has 3 heterocycles. The second-order valence-corrected chi connectivity index (χ2v) is 11.3. The monoisotopic (exact) mass is 478 g/mol. The van der Waals surface area contributed by atoms with Crippen LogP contribution < -0.4 is 10.2 Å². The third-order valence-electron chi connectivity index (χ3n) is 8.14. The maximum Gasteiger partial charge on any atom is 0.416 e. The topological polar surface area (TPSA) is 73.8 Å². The van der Waals surface area contributed by atoms with Crippen molar-refractivity contribution >= 4 is 17.9 Å². The van der Waals surface area contributed by atoms with Gasteiger partial charge in [0.2, 0.25) is 5.95 Å². The minimum Gasteiger partial charge on any atom is -0.447 e. The standard InChI is InChI=1S/C27H38N6O2/c1-19(21-8-6-20(7-9-21)16-32-15-14-31(5)26(2,3)17-32)29-24-28-13-12-23(30-24)33-25(34)35-18-27(33,4)22-10-11-22/h6-9,12-13,19,22H,10-11,14-18H2,1-5H3,(H,28,29,30)/t19-,27-/m0/s1. The first-order chi connectivity index (χ1) is 16.7. The SMILES string of the molecule is C[C@H](Nc1nccc(N2C(=O)OC[C@@]2(C)C2CC2)n1)c1ccc(CN2CCN(C)C(C)(C)C2)cc1. The highest BCUT2D eigenvalue weighted by molar-refractivity contribution is 5.90. The van der Waals surface area contributed by atoms with Gasteiger partial charge in [-0.25, -0.2) is 9.78 Å². The van der Waals surface area contributed by atoms with Crippen LogP contribution in [0.25, 0.3) is 0 Å². The van der Waals surface area contributed by atoms with Gasteiger partial charge in [0.05, 0.1) is 11.6 Å². The van der Waals surface area contributed by atoms with Gasteiger partial charge >= 0.3 is 6.09 Å². The summed E-state index contributed by atoms with van der Waals surface area (Å²) in [5, 5.41) is 3.41. The Balaban J connectivity index is 1.23. The van der Waals surface area contributed by atoms with Crippen LogP contribution >= 0.6 is 0 Å². The molecule has 188 valence electrons. The number of likely N-dealkylation sites (N-methyl/N-ethyl adjacent to an activating group) is 1. The molecule has 0 unspecified atom stereocenters. The van der Waals surface area contributed by atoms with Crippen molar-refractivity contribution in [3.8, 4) is 0 Å². The Morgan fingerprint density at radius 2 is 1.89 bits per heavy atom. The fourth-order valence-corrected chi connectivity index (χ4v) is 5.37. The first kappa shape index (κ1) is 24.0. The van der Waals surface area contributed by atoms with E-state index in [2.05, 4.69) is 84.1 Å². The summed E-state index contributed by atoms with van der Waals surface area (Å²) >= 11 is 0. The summed E-state index contributed by atoms with van der Waals surface area (Å²) < 4.78 is 5.41. The molecule has 8 heteroatoms. The van der Waals surface area contributed by atoms with E-state index < -0.39 is 0 Å². The van der Waals surface area contributed by atoms with Crippen molar-refractivity contribution < 1.29 is 9.53 Å². The van der Waals surface area contributed by atoms with Gasteiger partial charge in [-0.1, -0.05) is 24.3 Å². The van der Waals surface area contributed by atoms with Gasteiger partial charge in [0.15, 0.2) is 0 Å². The van der Waals surface area contributed by atoms with Gasteiger partial charge in [-0.3, -0.25) is 14.7 Å². The molecular formula is C27H38N6O2. The Labute approximate surface area is 208 Å². The zero-order valence-electron chi connectivity index (χ0n) is 21.6. The third kappa shape index (κ3) is 4.86. The molecule has 1 N–H and O–H groups in total. The maximum atomic E-state index is 12.5. The first-order valence-electron chi connectivity index (χ1n) is 12.7. The number of nitrogens with one attached hydrogen (secondary N) is 1. The number of benzene rings is 1. The first-order valence-corrected chi connectivity index (χ1v) is 12.7. The number of hydrogen-bond acceptors (Lipinski definition) is 7. The number of carbonyl (C=O) groups is 1. The van der Waals surface area contributed by atoms with Crippen molar-refractivity contribution in [2.24, 2.45) is 5.92 Å². The molecule has 1 amide bonds. The van der Waals surface area contributed by atoms with Crippen molar-refractivity contribution in [2.75, 3.05) is 43.5 Å². The molecule has 2 saturated heterocycles. The molecule has 1 aliphatic carbocycles. The molecule has 0 radical (unpaired) electrons. The zero-order valence-corrected chi connectivity index (χ0v) is 21.6. The molecule has 1 aromatic heterocycles. The van der Waals surface area contributed by atoms with Gasteiger partial charge in [0, 0.05) is 37.9 Å². The average molecular weight is 479 g/mol. The number of amides is 1. The van der Waals surface area contributed by atoms with Gasteiger partial charge in [-0.05, 0) is 70.7 Å². The zero-order chi connectivity index (χ0) is 24.8. The molecule has 35 heavy (non-hydrogen) atoms. The molecule has 0 spiro atoms. The van der Waals surface area contributed by atoms with Crippen LogP contribution in [0.1, 0.15) is 57.7 Å². The number of hydrogen-bond donors (Lipinski definition) is 1. The van der Waals surface area contributed by atoms with Gasteiger partial charge < -0.3 is 10.1 Å². The van der Waals surface area contributed by atoms with Gasteiger partial charge in [-0.15, -0.1) is 0 Å². The minimum absolute atomic E-state index is 0.0298. The highest BCUT2D eigenvalue weighted by Gasteiger charge is 2.54. The Hall–Kier alpha value is -2.71. The van der Waals surface area contributed by atoms with Crippen molar-refractivity contribution in [1.82, 2.24) is 19.8 Å². The predicted molar refractivity (Wildman–Crippen MR) is 137 cm³/mol. The minimum atomic E-state index is -0.330. The summed E-state index contributed by atoms with van der Waals surface area (Å²) in [7, 11) is 2.21. The number of ether oxygens (including phenoxy) is 1. The number of anilines is 2. The van der Waals surface area contributed by atoms with Gasteiger partial charge in [0.1, 0.15) is 12.4 Å². The van der Waals surface area contributed by atoms with Crippen molar-refractivity contribution in [3.63, 3.8) is 0 Å². The van der Waals surface area contributed by atoms with Crippen molar-refractivity contribution in [2.45, 2.75) is 64.2 Å². The lowest BCUT2D eigenvalue weighted by Crippen LogP contribution is -2.57. The van der Waals surface area contributed by atoms with Crippen molar-refractivity contribution in [3.05, 3.63) is 47.7 Å². The summed E-state index contributed by atoms with van der Waals surface area (Å²) in [5.74, 6) is 1.57. The average Bonchev–Trinajstić information content (AvgIpc) is 3.63. The highest BCUT2D eigenvalue weighted by Crippen LogP contribution is 2.47. The number of carbonyl (C=O) groups excluding carboxylic acids is 1. The van der Waals surface area contributed by atoms with Crippen LogP contribution in [0.3, 0.4) is 0 Å². The van der Waals surface area contributed by atoms with E-state index in [0.29, 0.717) is 24.3 Å². The lowest BCUT2D eigenvalue weighted by Gasteiger charge is -2.45. The van der Waals surface area contributed by atoms with E-state index in [1.165, 1.54) is 11.1 Å². The van der Waals surface area contributed by atoms with E-state index in [4.69, 9.17) is 4.74 Å². The van der Waals surface area contributed by atoms with E-state index in [1.54, 1.807) is 17.2 Å². The lowest BCUT2D eigenvalue weighted by molar-refractivity contribution is 0.0360. The van der Waals surface area contributed by atoms with Gasteiger partial charge in [0.25, 0.3) is 0 Å². The van der Waals surface area contributed by atoms with Crippen molar-refractivity contribution in [1.29, 1.82) is 0 Å². The second kappa shape index (κ2) is 9.06. The quantitative estimate of drug-likeness (QED) is 0.636. The highest BCUT2D eigenvalue weighted by atomic mass is 16.6. The number of piperazine rings is 1. The van der Waals surface area contributed by atoms with Crippen LogP contribution in [0.5, 0.6) is 0 Å². The number of rotatable bonds is 7. The van der Waals surface area contributed by atoms with Crippen LogP contribution in [0.15, 0.2) is 36.5 Å². The van der Waals surface area contributed by atoms with Gasteiger partial charge in [-0.2, -0.15) is 4.98 Å². The smallest absolute Gasteiger partial charge is 0.416 e. The van der Waals surface area contributed by atoms with E-state index in [-0.39, 0.29) is 23.2 Å². The summed E-state index contributed by atoms with van der Waals surface area (Å²) in [4.78, 5) is 28.3. The Bertz CT molecular complexity index is 1070. The lowest BCUT2D eigenvalue weighted by atomic mass is 9.96. The van der Waals surface area contributed by atoms with Crippen LogP contribution in [0, 0.1) is 5.92 Å². The molecule has 0 bridgehead atoms. The summed E-state index contributed by atoms with van der Waals surface area (Å²) in [6.45, 7) is 13.5. The molecule has 2 aromatic rings. The molecule has 1 saturated carbocycles. The van der Waals surface area contributed by atoms with E-state index in [9.17, 15) is 4.79 Å². The largest absolute Gasteiger partial charge is 0.447 e. The second-order valence-electron chi connectivity index (χ2n) is 11.3. The van der Waals surface area contributed by atoms with E-state index in [0.717, 1.165) is 39.0 Å². The fraction of sp³-hybridized carbons (Fsp3) is 0.593. The van der Waals surface area contributed by atoms with Crippen LogP contribution in [0.4, 0.5) is 16.6 Å². The van der Waals surface area contributed by atoms with E-state index in [1.807, 2.05) is 0 Å². The normalized spacial score (nSPS) is 26.0.